The zero-order valence-electron chi connectivity index (χ0n) is 10.3. The number of carboxylic acid groups (broad SMARTS) is 1. The third-order valence-electron chi connectivity index (χ3n) is 3.16. The number of nitrogens with one attached hydrogen (secondary N) is 1. The molecule has 19 heavy (non-hydrogen) atoms. The van der Waals surface area contributed by atoms with Crippen LogP contribution in [0.5, 0.6) is 0 Å². The highest BCUT2D eigenvalue weighted by Crippen LogP contribution is 2.25. The summed E-state index contributed by atoms with van der Waals surface area (Å²) < 4.78 is 0.611. The Balaban J connectivity index is 2.10. The number of carbonyl (C=O) groups excluding carboxylic acids is 1. The molecule has 0 spiro atoms. The molecule has 1 saturated heterocycles. The summed E-state index contributed by atoms with van der Waals surface area (Å²) in [5, 5.41) is 11.8. The summed E-state index contributed by atoms with van der Waals surface area (Å²) in [4.78, 5) is 28.6. The molecule has 2 heterocycles. The molecule has 0 radical (unpaired) electrons. The first-order chi connectivity index (χ1) is 8.99. The zero-order valence-corrected chi connectivity index (χ0v) is 11.9. The van der Waals surface area contributed by atoms with Gasteiger partial charge in [0.15, 0.2) is 0 Å². The molecule has 0 aliphatic carbocycles. The van der Waals surface area contributed by atoms with E-state index in [0.717, 1.165) is 0 Å². The van der Waals surface area contributed by atoms with Crippen molar-refractivity contribution in [1.82, 2.24) is 9.88 Å². The first-order valence-corrected chi connectivity index (χ1v) is 6.73. The van der Waals surface area contributed by atoms with Gasteiger partial charge in [-0.15, -0.1) is 0 Å². The quantitative estimate of drug-likeness (QED) is 0.816. The van der Waals surface area contributed by atoms with Crippen LogP contribution in [0.1, 0.15) is 19.8 Å². The molecule has 102 valence electrons. The Morgan fingerprint density at radius 2 is 2.21 bits per heavy atom. The Kier molecular flexibility index (Phi) is 4.04. The van der Waals surface area contributed by atoms with Gasteiger partial charge >= 0.3 is 6.09 Å². The minimum absolute atomic E-state index is 0.135. The molecule has 0 unspecified atom stereocenters. The van der Waals surface area contributed by atoms with Gasteiger partial charge in [0.25, 0.3) is 0 Å². The fourth-order valence-corrected chi connectivity index (χ4v) is 2.59. The van der Waals surface area contributed by atoms with Crippen LogP contribution in [0.25, 0.3) is 0 Å². The number of pyridine rings is 1. The number of hydrogen-bond acceptors (Lipinski definition) is 3. The Morgan fingerprint density at radius 1 is 1.47 bits per heavy atom. The highest BCUT2D eigenvalue weighted by atomic mass is 79.9. The van der Waals surface area contributed by atoms with Gasteiger partial charge < -0.3 is 10.4 Å². The van der Waals surface area contributed by atoms with Crippen LogP contribution >= 0.6 is 15.9 Å². The van der Waals surface area contributed by atoms with E-state index in [2.05, 4.69) is 26.2 Å². The smallest absolute Gasteiger partial charge is 0.408 e. The number of likely N-dealkylation sites (tertiary alicyclic amines) is 1. The van der Waals surface area contributed by atoms with Crippen molar-refractivity contribution in [2.75, 3.05) is 5.32 Å². The van der Waals surface area contributed by atoms with Gasteiger partial charge in [0.05, 0.1) is 0 Å². The van der Waals surface area contributed by atoms with Crippen molar-refractivity contribution in [3.8, 4) is 0 Å². The van der Waals surface area contributed by atoms with Gasteiger partial charge in [-0.2, -0.15) is 0 Å². The van der Waals surface area contributed by atoms with Gasteiger partial charge in [0.1, 0.15) is 16.5 Å². The molecule has 2 N–H and O–H groups in total. The number of aromatic nitrogens is 1. The van der Waals surface area contributed by atoms with E-state index in [4.69, 9.17) is 5.11 Å². The fourth-order valence-electron chi connectivity index (χ4n) is 2.25. The summed E-state index contributed by atoms with van der Waals surface area (Å²) in [5.74, 6) is 0.0709. The molecular weight excluding hydrogens is 314 g/mol. The second-order valence-corrected chi connectivity index (χ2v) is 5.28. The van der Waals surface area contributed by atoms with Crippen molar-refractivity contribution in [2.24, 2.45) is 0 Å². The first-order valence-electron chi connectivity index (χ1n) is 5.93. The van der Waals surface area contributed by atoms with Gasteiger partial charge in [-0.1, -0.05) is 6.07 Å². The second-order valence-electron chi connectivity index (χ2n) is 4.47. The number of halogens is 1. The average molecular weight is 328 g/mol. The number of nitrogens with zero attached hydrogens (tertiary/aromatic N) is 2. The van der Waals surface area contributed by atoms with Gasteiger partial charge in [-0.05, 0) is 47.8 Å². The summed E-state index contributed by atoms with van der Waals surface area (Å²) in [7, 11) is 0. The average Bonchev–Trinajstić information content (AvgIpc) is 2.71. The summed E-state index contributed by atoms with van der Waals surface area (Å²) in [6.45, 7) is 1.80. The Bertz CT molecular complexity index is 509. The highest BCUT2D eigenvalue weighted by Gasteiger charge is 2.38. The fraction of sp³-hybridized carbons (Fsp3) is 0.417. The van der Waals surface area contributed by atoms with Crippen molar-refractivity contribution in [1.29, 1.82) is 0 Å². The van der Waals surface area contributed by atoms with E-state index in [-0.39, 0.29) is 11.9 Å². The summed E-state index contributed by atoms with van der Waals surface area (Å²) in [6, 6.07) is 4.37. The molecule has 1 aromatic rings. The molecule has 0 saturated carbocycles. The Hall–Kier alpha value is -1.63. The van der Waals surface area contributed by atoms with Gasteiger partial charge in [0.2, 0.25) is 5.91 Å². The van der Waals surface area contributed by atoms with Crippen LogP contribution in [0.15, 0.2) is 22.8 Å². The maximum atomic E-state index is 12.1. The molecule has 7 heteroatoms. The predicted molar refractivity (Wildman–Crippen MR) is 72.9 cm³/mol. The van der Waals surface area contributed by atoms with Gasteiger partial charge in [-0.3, -0.25) is 9.69 Å². The lowest BCUT2D eigenvalue weighted by molar-refractivity contribution is -0.120. The van der Waals surface area contributed by atoms with Crippen molar-refractivity contribution in [3.63, 3.8) is 0 Å². The topological polar surface area (TPSA) is 82.5 Å². The summed E-state index contributed by atoms with van der Waals surface area (Å²) in [6.07, 6.45) is 0.163. The number of anilines is 1. The number of rotatable bonds is 2. The molecule has 2 amide bonds. The molecule has 0 bridgehead atoms. The van der Waals surface area contributed by atoms with E-state index in [1.807, 2.05) is 0 Å². The van der Waals surface area contributed by atoms with Crippen LogP contribution in [0.3, 0.4) is 0 Å². The lowest BCUT2D eigenvalue weighted by Gasteiger charge is -2.24. The predicted octanol–water partition coefficient (Wildman–Crippen LogP) is 2.31. The van der Waals surface area contributed by atoms with E-state index in [1.165, 1.54) is 4.90 Å². The number of hydrogen-bond donors (Lipinski definition) is 2. The van der Waals surface area contributed by atoms with E-state index < -0.39 is 12.1 Å². The lowest BCUT2D eigenvalue weighted by atomic mass is 10.2. The maximum Gasteiger partial charge on any atom is 0.408 e. The minimum atomic E-state index is -1.06. The molecule has 1 aliphatic rings. The third-order valence-corrected chi connectivity index (χ3v) is 3.60. The molecule has 1 fully saturated rings. The normalized spacial score (nSPS) is 22.3. The maximum absolute atomic E-state index is 12.1. The largest absolute Gasteiger partial charge is 0.465 e. The Labute approximate surface area is 118 Å². The highest BCUT2D eigenvalue weighted by molar-refractivity contribution is 9.10. The van der Waals surface area contributed by atoms with Crippen molar-refractivity contribution in [2.45, 2.75) is 31.8 Å². The summed E-state index contributed by atoms with van der Waals surface area (Å²) >= 11 is 3.21. The standard InChI is InChI=1S/C12H14BrN3O3/c1-7-5-6-8(16(7)12(18)19)11(17)15-10-4-2-3-9(13)14-10/h2-4,7-8H,5-6H2,1H3,(H,18,19)(H,14,15,17)/t7-,8-/m0/s1. The van der Waals surface area contributed by atoms with Crippen LogP contribution in [0, 0.1) is 0 Å². The molecule has 2 rings (SSSR count). The molecule has 6 nitrogen and oxygen atoms in total. The zero-order chi connectivity index (χ0) is 14.0. The molecule has 1 aromatic heterocycles. The van der Waals surface area contributed by atoms with Gasteiger partial charge in [-0.25, -0.2) is 9.78 Å². The SMILES string of the molecule is C[C@H]1CC[C@@H](C(=O)Nc2cccc(Br)n2)N1C(=O)O. The first kappa shape index (κ1) is 13.8. The van der Waals surface area contributed by atoms with E-state index in [9.17, 15) is 9.59 Å². The van der Waals surface area contributed by atoms with E-state index >= 15 is 0 Å². The summed E-state index contributed by atoms with van der Waals surface area (Å²) in [5.41, 5.74) is 0. The molecule has 1 aliphatic heterocycles. The number of carbonyl (C=O) groups is 2. The van der Waals surface area contributed by atoms with Crippen molar-refractivity contribution in [3.05, 3.63) is 22.8 Å². The Morgan fingerprint density at radius 3 is 2.84 bits per heavy atom. The van der Waals surface area contributed by atoms with Gasteiger partial charge in [0, 0.05) is 6.04 Å². The van der Waals surface area contributed by atoms with Crippen LogP contribution in [-0.4, -0.2) is 39.1 Å². The second kappa shape index (κ2) is 5.56. The minimum Gasteiger partial charge on any atom is -0.465 e. The third kappa shape index (κ3) is 3.04. The molecular formula is C12H14BrN3O3. The lowest BCUT2D eigenvalue weighted by Crippen LogP contribution is -2.45. The van der Waals surface area contributed by atoms with Crippen LogP contribution in [-0.2, 0) is 4.79 Å². The molecule has 2 atom stereocenters. The van der Waals surface area contributed by atoms with Crippen molar-refractivity contribution < 1.29 is 14.7 Å². The number of amides is 2. The van der Waals surface area contributed by atoms with Crippen molar-refractivity contribution >= 4 is 33.7 Å². The monoisotopic (exact) mass is 327 g/mol. The van der Waals surface area contributed by atoms with Crippen LogP contribution in [0.4, 0.5) is 10.6 Å². The molecule has 0 aromatic carbocycles. The van der Waals surface area contributed by atoms with Crippen LogP contribution in [0.2, 0.25) is 0 Å². The van der Waals surface area contributed by atoms with E-state index in [0.29, 0.717) is 23.3 Å². The van der Waals surface area contributed by atoms with E-state index in [1.54, 1.807) is 25.1 Å². The van der Waals surface area contributed by atoms with Crippen LogP contribution < -0.4 is 5.32 Å².